The van der Waals surface area contributed by atoms with E-state index in [9.17, 15) is 9.59 Å². The average molecular weight is 348 g/mol. The van der Waals surface area contributed by atoms with Crippen molar-refractivity contribution in [2.24, 2.45) is 0 Å². The summed E-state index contributed by atoms with van der Waals surface area (Å²) in [4.78, 5) is 27.2. The van der Waals surface area contributed by atoms with Crippen molar-refractivity contribution in [2.45, 2.75) is 0 Å². The van der Waals surface area contributed by atoms with Crippen LogP contribution in [0.5, 0.6) is 0 Å². The van der Waals surface area contributed by atoms with Gasteiger partial charge in [-0.15, -0.1) is 0 Å². The predicted octanol–water partition coefficient (Wildman–Crippen LogP) is 4.51. The van der Waals surface area contributed by atoms with Crippen molar-refractivity contribution in [3.8, 4) is 0 Å². The van der Waals surface area contributed by atoms with Crippen molar-refractivity contribution in [1.82, 2.24) is 4.98 Å². The molecule has 0 aliphatic heterocycles. The molecule has 4 nitrogen and oxygen atoms in total. The first-order chi connectivity index (χ1) is 11.0. The Labute approximate surface area is 142 Å². The van der Waals surface area contributed by atoms with Crippen molar-refractivity contribution in [3.63, 3.8) is 0 Å². The molecule has 0 amide bonds. The van der Waals surface area contributed by atoms with Gasteiger partial charge >= 0.3 is 5.97 Å². The highest BCUT2D eigenvalue weighted by atomic mass is 35.5. The van der Waals surface area contributed by atoms with Gasteiger partial charge in [0, 0.05) is 32.7 Å². The fourth-order valence-corrected chi connectivity index (χ4v) is 2.79. The third kappa shape index (κ3) is 3.38. The van der Waals surface area contributed by atoms with E-state index in [2.05, 4.69) is 4.98 Å². The molecule has 1 N–H and O–H groups in total. The molecular weight excluding hydrogens is 337 g/mol. The highest BCUT2D eigenvalue weighted by Crippen LogP contribution is 2.21. The number of carbonyl (C=O) groups is 2. The molecule has 0 saturated carbocycles. The lowest BCUT2D eigenvalue weighted by atomic mass is 10.1. The van der Waals surface area contributed by atoms with Gasteiger partial charge in [-0.3, -0.25) is 4.79 Å². The maximum absolute atomic E-state index is 12.2. The number of ketones is 1. The molecule has 0 radical (unpaired) electrons. The van der Waals surface area contributed by atoms with E-state index in [1.165, 1.54) is 18.2 Å². The lowest BCUT2D eigenvalue weighted by Crippen LogP contribution is -2.14. The molecule has 23 heavy (non-hydrogen) atoms. The summed E-state index contributed by atoms with van der Waals surface area (Å²) in [5.74, 6) is -0.938. The SMILES string of the molecule is O=C(OCC(=O)c1c[nH]c2ccccc12)c1cc(Cl)cc(Cl)c1. The van der Waals surface area contributed by atoms with Crippen LogP contribution in [0.25, 0.3) is 10.9 Å². The molecule has 2 aromatic carbocycles. The molecule has 3 aromatic rings. The number of hydrogen-bond acceptors (Lipinski definition) is 3. The van der Waals surface area contributed by atoms with E-state index < -0.39 is 5.97 Å². The first kappa shape index (κ1) is 15.6. The van der Waals surface area contributed by atoms with Gasteiger partial charge in [-0.05, 0) is 24.3 Å². The minimum absolute atomic E-state index is 0.203. The van der Waals surface area contributed by atoms with Gasteiger partial charge in [0.2, 0.25) is 5.78 Å². The monoisotopic (exact) mass is 347 g/mol. The smallest absolute Gasteiger partial charge is 0.338 e. The van der Waals surface area contributed by atoms with Gasteiger partial charge in [-0.2, -0.15) is 0 Å². The molecule has 0 fully saturated rings. The summed E-state index contributed by atoms with van der Waals surface area (Å²) in [5.41, 5.74) is 1.54. The number of carbonyl (C=O) groups excluding carboxylic acids is 2. The third-order valence-electron chi connectivity index (χ3n) is 3.32. The Morgan fingerprint density at radius 1 is 1.04 bits per heavy atom. The second-order valence-corrected chi connectivity index (χ2v) is 5.78. The van der Waals surface area contributed by atoms with Crippen LogP contribution in [-0.4, -0.2) is 23.3 Å². The molecule has 3 rings (SSSR count). The highest BCUT2D eigenvalue weighted by Gasteiger charge is 2.15. The first-order valence-corrected chi connectivity index (χ1v) is 7.53. The molecule has 6 heteroatoms. The van der Waals surface area contributed by atoms with Crippen molar-refractivity contribution < 1.29 is 14.3 Å². The van der Waals surface area contributed by atoms with E-state index in [0.717, 1.165) is 10.9 Å². The number of aromatic amines is 1. The number of benzene rings is 2. The molecule has 116 valence electrons. The molecule has 1 heterocycles. The van der Waals surface area contributed by atoms with Gasteiger partial charge in [0.05, 0.1) is 5.56 Å². The first-order valence-electron chi connectivity index (χ1n) is 6.77. The van der Waals surface area contributed by atoms with Crippen LogP contribution in [0.4, 0.5) is 0 Å². The summed E-state index contributed by atoms with van der Waals surface area (Å²) >= 11 is 11.7. The number of ether oxygens (including phenoxy) is 1. The second-order valence-electron chi connectivity index (χ2n) is 4.91. The normalized spacial score (nSPS) is 10.7. The summed E-state index contributed by atoms with van der Waals surface area (Å²) in [6.07, 6.45) is 1.61. The van der Waals surface area contributed by atoms with Crippen LogP contribution in [0.1, 0.15) is 20.7 Å². The molecule has 0 unspecified atom stereocenters. The molecule has 0 aliphatic carbocycles. The topological polar surface area (TPSA) is 59.2 Å². The van der Waals surface area contributed by atoms with E-state index in [4.69, 9.17) is 27.9 Å². The van der Waals surface area contributed by atoms with Crippen LogP contribution >= 0.6 is 23.2 Å². The summed E-state index contributed by atoms with van der Waals surface area (Å²) in [6, 6.07) is 11.8. The second kappa shape index (κ2) is 6.44. The number of halogens is 2. The number of aromatic nitrogens is 1. The number of para-hydroxylation sites is 1. The molecule has 0 bridgehead atoms. The van der Waals surface area contributed by atoms with Crippen LogP contribution in [0.2, 0.25) is 10.0 Å². The van der Waals surface area contributed by atoms with Gasteiger partial charge in [-0.1, -0.05) is 41.4 Å². The molecule has 1 aromatic heterocycles. The van der Waals surface area contributed by atoms with E-state index in [1.54, 1.807) is 6.20 Å². The van der Waals surface area contributed by atoms with Gasteiger partial charge in [0.25, 0.3) is 0 Å². The number of esters is 1. The average Bonchev–Trinajstić information content (AvgIpc) is 2.95. The standard InChI is InChI=1S/C17H11Cl2NO3/c18-11-5-10(6-12(19)7-11)17(22)23-9-16(21)14-8-20-15-4-2-1-3-13(14)15/h1-8,20H,9H2. The molecule has 0 atom stereocenters. The number of fused-ring (bicyclic) bond motifs is 1. The fourth-order valence-electron chi connectivity index (χ4n) is 2.27. The fraction of sp³-hybridized carbons (Fsp3) is 0.0588. The highest BCUT2D eigenvalue weighted by molar-refractivity contribution is 6.35. The predicted molar refractivity (Wildman–Crippen MR) is 89.4 cm³/mol. The maximum atomic E-state index is 12.2. The number of rotatable bonds is 4. The van der Waals surface area contributed by atoms with Gasteiger partial charge in [0.1, 0.15) is 0 Å². The molecule has 0 spiro atoms. The number of H-pyrrole nitrogens is 1. The van der Waals surface area contributed by atoms with E-state index in [-0.39, 0.29) is 18.0 Å². The van der Waals surface area contributed by atoms with Crippen molar-refractivity contribution in [3.05, 3.63) is 69.8 Å². The Kier molecular flexibility index (Phi) is 4.37. The van der Waals surface area contributed by atoms with Crippen LogP contribution in [0.3, 0.4) is 0 Å². The van der Waals surface area contributed by atoms with Gasteiger partial charge in [-0.25, -0.2) is 4.79 Å². The van der Waals surface area contributed by atoms with Crippen molar-refractivity contribution >= 4 is 45.9 Å². The Hall–Kier alpha value is -2.30. The zero-order chi connectivity index (χ0) is 16.4. The summed E-state index contributed by atoms with van der Waals surface area (Å²) in [5, 5.41) is 1.44. The van der Waals surface area contributed by atoms with Crippen molar-refractivity contribution in [2.75, 3.05) is 6.61 Å². The Balaban J connectivity index is 1.72. The van der Waals surface area contributed by atoms with Crippen molar-refractivity contribution in [1.29, 1.82) is 0 Å². The van der Waals surface area contributed by atoms with Crippen LogP contribution in [-0.2, 0) is 4.74 Å². The quantitative estimate of drug-likeness (QED) is 0.557. The lowest BCUT2D eigenvalue weighted by Gasteiger charge is -2.05. The molecular formula is C17H11Cl2NO3. The van der Waals surface area contributed by atoms with E-state index in [1.807, 2.05) is 24.3 Å². The van der Waals surface area contributed by atoms with Crippen LogP contribution in [0, 0.1) is 0 Å². The Morgan fingerprint density at radius 2 is 1.74 bits per heavy atom. The minimum atomic E-state index is -0.650. The minimum Gasteiger partial charge on any atom is -0.454 e. The molecule has 0 saturated heterocycles. The number of Topliss-reactive ketones (excluding diaryl/α,β-unsaturated/α-hetero) is 1. The van der Waals surface area contributed by atoms with Crippen LogP contribution < -0.4 is 0 Å². The zero-order valence-electron chi connectivity index (χ0n) is 11.8. The summed E-state index contributed by atoms with van der Waals surface area (Å²) < 4.78 is 5.05. The van der Waals surface area contributed by atoms with Gasteiger partial charge in [0.15, 0.2) is 6.61 Å². The Morgan fingerprint density at radius 3 is 2.48 bits per heavy atom. The Bertz CT molecular complexity index is 881. The van der Waals surface area contributed by atoms with Gasteiger partial charge < -0.3 is 9.72 Å². The van der Waals surface area contributed by atoms with E-state index >= 15 is 0 Å². The largest absolute Gasteiger partial charge is 0.454 e. The zero-order valence-corrected chi connectivity index (χ0v) is 13.3. The maximum Gasteiger partial charge on any atom is 0.338 e. The number of hydrogen-bond donors (Lipinski definition) is 1. The third-order valence-corrected chi connectivity index (χ3v) is 3.76. The van der Waals surface area contributed by atoms with E-state index in [0.29, 0.717) is 15.6 Å². The summed E-state index contributed by atoms with van der Waals surface area (Å²) in [7, 11) is 0. The molecule has 0 aliphatic rings. The van der Waals surface area contributed by atoms with Crippen LogP contribution in [0.15, 0.2) is 48.7 Å². The lowest BCUT2D eigenvalue weighted by molar-refractivity contribution is 0.0475. The number of nitrogens with one attached hydrogen (secondary N) is 1. The summed E-state index contributed by atoms with van der Waals surface area (Å²) in [6.45, 7) is -0.356.